The molecule has 0 saturated heterocycles. The number of thiocarbonyl (C=S) groups is 1. The third-order valence-corrected chi connectivity index (χ3v) is 4.02. The molecule has 1 aliphatic rings. The van der Waals surface area contributed by atoms with E-state index >= 15 is 0 Å². The van der Waals surface area contributed by atoms with Crippen molar-refractivity contribution in [1.82, 2.24) is 4.90 Å². The van der Waals surface area contributed by atoms with Crippen molar-refractivity contribution >= 4 is 17.2 Å². The Kier molecular flexibility index (Phi) is 5.34. The highest BCUT2D eigenvalue weighted by Gasteiger charge is 2.22. The van der Waals surface area contributed by atoms with Gasteiger partial charge >= 0.3 is 0 Å². The van der Waals surface area contributed by atoms with Gasteiger partial charge in [-0.05, 0) is 49.3 Å². The van der Waals surface area contributed by atoms with E-state index in [-0.39, 0.29) is 0 Å². The summed E-state index contributed by atoms with van der Waals surface area (Å²) in [5.41, 5.74) is 8.79. The van der Waals surface area contributed by atoms with E-state index in [2.05, 4.69) is 36.1 Å². The molecular weight excluding hydrogens is 252 g/mol. The minimum absolute atomic E-state index is 0.609. The molecule has 0 spiro atoms. The van der Waals surface area contributed by atoms with Gasteiger partial charge in [0.05, 0.1) is 4.99 Å². The molecule has 19 heavy (non-hydrogen) atoms. The number of rotatable bonds is 6. The standard InChI is InChI=1S/C16H24N2S/c1-2-10-18(12-16(17)19)11-14-8-5-7-13-6-3-4-9-15(13)14/h3-4,6,9,14H,2,5,7-8,10-12H2,1H3,(H2,17,19). The van der Waals surface area contributed by atoms with Gasteiger partial charge < -0.3 is 5.73 Å². The predicted octanol–water partition coefficient (Wildman–Crippen LogP) is 3.10. The second-order valence-electron chi connectivity index (χ2n) is 5.49. The minimum Gasteiger partial charge on any atom is -0.392 e. The summed E-state index contributed by atoms with van der Waals surface area (Å²) in [5.74, 6) is 0.644. The zero-order chi connectivity index (χ0) is 13.7. The molecule has 104 valence electrons. The molecule has 2 rings (SSSR count). The van der Waals surface area contributed by atoms with Crippen molar-refractivity contribution in [1.29, 1.82) is 0 Å². The Morgan fingerprint density at radius 2 is 2.21 bits per heavy atom. The smallest absolute Gasteiger partial charge is 0.0870 e. The minimum atomic E-state index is 0.609. The van der Waals surface area contributed by atoms with Crippen LogP contribution in [0.2, 0.25) is 0 Å². The summed E-state index contributed by atoms with van der Waals surface area (Å²) >= 11 is 5.07. The average Bonchev–Trinajstić information content (AvgIpc) is 2.39. The van der Waals surface area contributed by atoms with Gasteiger partial charge in [0, 0.05) is 13.1 Å². The van der Waals surface area contributed by atoms with Crippen LogP contribution in [0.3, 0.4) is 0 Å². The lowest BCUT2D eigenvalue weighted by Gasteiger charge is -2.31. The van der Waals surface area contributed by atoms with Crippen LogP contribution >= 0.6 is 12.2 Å². The molecule has 0 aliphatic heterocycles. The van der Waals surface area contributed by atoms with Gasteiger partial charge in [-0.15, -0.1) is 0 Å². The van der Waals surface area contributed by atoms with Crippen LogP contribution in [0.4, 0.5) is 0 Å². The molecule has 1 aromatic carbocycles. The number of hydrogen-bond acceptors (Lipinski definition) is 2. The van der Waals surface area contributed by atoms with Crippen molar-refractivity contribution in [3.63, 3.8) is 0 Å². The van der Waals surface area contributed by atoms with E-state index in [1.165, 1.54) is 30.4 Å². The van der Waals surface area contributed by atoms with Crippen LogP contribution in [0, 0.1) is 0 Å². The van der Waals surface area contributed by atoms with E-state index in [1.807, 2.05) is 0 Å². The summed E-state index contributed by atoms with van der Waals surface area (Å²) in [4.78, 5) is 3.02. The first-order chi connectivity index (χ1) is 9.20. The molecule has 0 fully saturated rings. The first-order valence-corrected chi connectivity index (χ1v) is 7.70. The van der Waals surface area contributed by atoms with Crippen LogP contribution in [0.15, 0.2) is 24.3 Å². The molecule has 0 amide bonds. The van der Waals surface area contributed by atoms with Crippen LogP contribution in [-0.4, -0.2) is 29.5 Å². The van der Waals surface area contributed by atoms with E-state index in [9.17, 15) is 0 Å². The van der Waals surface area contributed by atoms with E-state index in [0.29, 0.717) is 10.9 Å². The summed E-state index contributed by atoms with van der Waals surface area (Å²) in [7, 11) is 0. The Hall–Kier alpha value is -0.930. The highest BCUT2D eigenvalue weighted by Crippen LogP contribution is 2.32. The Morgan fingerprint density at radius 3 is 2.95 bits per heavy atom. The molecule has 1 atom stereocenters. The molecule has 0 radical (unpaired) electrons. The Morgan fingerprint density at radius 1 is 1.42 bits per heavy atom. The highest BCUT2D eigenvalue weighted by atomic mass is 32.1. The third-order valence-electron chi connectivity index (χ3n) is 3.89. The van der Waals surface area contributed by atoms with E-state index in [0.717, 1.165) is 26.1 Å². The maximum absolute atomic E-state index is 5.71. The molecular formula is C16H24N2S. The van der Waals surface area contributed by atoms with Crippen molar-refractivity contribution in [3.8, 4) is 0 Å². The monoisotopic (exact) mass is 276 g/mol. The SMILES string of the molecule is CCCN(CC(N)=S)CC1CCCc2ccccc21. The molecule has 0 aromatic heterocycles. The van der Waals surface area contributed by atoms with Crippen LogP contribution in [-0.2, 0) is 6.42 Å². The molecule has 2 N–H and O–H groups in total. The maximum atomic E-state index is 5.71. The Labute approximate surface area is 122 Å². The van der Waals surface area contributed by atoms with Gasteiger partial charge in [0.1, 0.15) is 0 Å². The van der Waals surface area contributed by atoms with Gasteiger partial charge in [0.2, 0.25) is 0 Å². The molecule has 3 heteroatoms. The van der Waals surface area contributed by atoms with Crippen LogP contribution in [0.1, 0.15) is 43.2 Å². The lowest BCUT2D eigenvalue weighted by Crippen LogP contribution is -2.37. The number of benzene rings is 1. The van der Waals surface area contributed by atoms with E-state index in [4.69, 9.17) is 18.0 Å². The van der Waals surface area contributed by atoms with Crippen molar-refractivity contribution in [2.45, 2.75) is 38.5 Å². The predicted molar refractivity (Wildman–Crippen MR) is 85.6 cm³/mol. The van der Waals surface area contributed by atoms with Crippen molar-refractivity contribution in [2.75, 3.05) is 19.6 Å². The molecule has 0 heterocycles. The number of aryl methyl sites for hydroxylation is 1. The second-order valence-corrected chi connectivity index (χ2v) is 6.01. The van der Waals surface area contributed by atoms with Crippen LogP contribution in [0.25, 0.3) is 0 Å². The van der Waals surface area contributed by atoms with Crippen molar-refractivity contribution in [2.24, 2.45) is 5.73 Å². The van der Waals surface area contributed by atoms with Gasteiger partial charge in [0.15, 0.2) is 0 Å². The lowest BCUT2D eigenvalue weighted by atomic mass is 9.82. The van der Waals surface area contributed by atoms with Crippen LogP contribution < -0.4 is 5.73 Å². The molecule has 1 aliphatic carbocycles. The Bertz CT molecular complexity index is 431. The summed E-state index contributed by atoms with van der Waals surface area (Å²) in [5, 5.41) is 0. The number of hydrogen-bond donors (Lipinski definition) is 1. The van der Waals surface area contributed by atoms with Gasteiger partial charge in [-0.2, -0.15) is 0 Å². The van der Waals surface area contributed by atoms with Crippen molar-refractivity contribution < 1.29 is 0 Å². The fourth-order valence-electron chi connectivity index (χ4n) is 3.13. The number of nitrogens with zero attached hydrogens (tertiary/aromatic N) is 1. The topological polar surface area (TPSA) is 29.3 Å². The van der Waals surface area contributed by atoms with E-state index < -0.39 is 0 Å². The second kappa shape index (κ2) is 7.01. The average molecular weight is 276 g/mol. The summed E-state index contributed by atoms with van der Waals surface area (Å²) in [6.07, 6.45) is 4.97. The first-order valence-electron chi connectivity index (χ1n) is 7.29. The Balaban J connectivity index is 2.07. The van der Waals surface area contributed by atoms with Gasteiger partial charge in [-0.25, -0.2) is 0 Å². The largest absolute Gasteiger partial charge is 0.392 e. The first kappa shape index (κ1) is 14.5. The van der Waals surface area contributed by atoms with Crippen molar-refractivity contribution in [3.05, 3.63) is 35.4 Å². The third kappa shape index (κ3) is 4.02. The highest BCUT2D eigenvalue weighted by molar-refractivity contribution is 7.80. The van der Waals surface area contributed by atoms with Gasteiger partial charge in [-0.3, -0.25) is 4.90 Å². The molecule has 1 aromatic rings. The van der Waals surface area contributed by atoms with E-state index in [1.54, 1.807) is 0 Å². The van der Waals surface area contributed by atoms with Crippen LogP contribution in [0.5, 0.6) is 0 Å². The number of fused-ring (bicyclic) bond motifs is 1. The summed E-state index contributed by atoms with van der Waals surface area (Å²) < 4.78 is 0. The summed E-state index contributed by atoms with van der Waals surface area (Å²) in [6, 6.07) is 8.89. The normalized spacial score (nSPS) is 18.3. The lowest BCUT2D eigenvalue weighted by molar-refractivity contribution is 0.279. The molecule has 0 bridgehead atoms. The quantitative estimate of drug-likeness (QED) is 0.810. The molecule has 2 nitrogen and oxygen atoms in total. The summed E-state index contributed by atoms with van der Waals surface area (Å²) in [6.45, 7) is 5.13. The fraction of sp³-hybridized carbons (Fsp3) is 0.562. The molecule has 0 saturated carbocycles. The fourth-order valence-corrected chi connectivity index (χ4v) is 3.31. The van der Waals surface area contributed by atoms with Gasteiger partial charge in [-0.1, -0.05) is 43.4 Å². The number of nitrogens with two attached hydrogens (primary N) is 1. The van der Waals surface area contributed by atoms with Gasteiger partial charge in [0.25, 0.3) is 0 Å². The zero-order valence-corrected chi connectivity index (χ0v) is 12.6. The molecule has 1 unspecified atom stereocenters. The maximum Gasteiger partial charge on any atom is 0.0870 e. The zero-order valence-electron chi connectivity index (χ0n) is 11.8.